The fourth-order valence-electron chi connectivity index (χ4n) is 1.51. The zero-order valence-corrected chi connectivity index (χ0v) is 8.51. The minimum absolute atomic E-state index is 0.244. The maximum Gasteiger partial charge on any atom is 0.329 e. The molecule has 3 N–H and O–H groups in total. The first-order chi connectivity index (χ1) is 7.72. The summed E-state index contributed by atoms with van der Waals surface area (Å²) < 4.78 is 0. The van der Waals surface area contributed by atoms with Gasteiger partial charge in [-0.05, 0) is 0 Å². The molecule has 1 aromatic rings. The van der Waals surface area contributed by atoms with Crippen molar-refractivity contribution in [2.24, 2.45) is 5.73 Å². The van der Waals surface area contributed by atoms with E-state index in [0.29, 0.717) is 17.9 Å². The minimum Gasteiger partial charge on any atom is -0.326 e. The summed E-state index contributed by atoms with van der Waals surface area (Å²) >= 11 is 0. The molecular formula is C9H11N5O2. The molecule has 2 heterocycles. The Kier molecular flexibility index (Phi) is 2.78. The lowest BCUT2D eigenvalue weighted by molar-refractivity contribution is -0.120. The van der Waals surface area contributed by atoms with Gasteiger partial charge < -0.3 is 5.73 Å². The van der Waals surface area contributed by atoms with Crippen molar-refractivity contribution in [1.82, 2.24) is 15.3 Å². The highest BCUT2D eigenvalue weighted by atomic mass is 16.2. The van der Waals surface area contributed by atoms with E-state index in [4.69, 9.17) is 5.73 Å². The number of rotatable bonds is 2. The average molecular weight is 221 g/mol. The Morgan fingerprint density at radius 1 is 1.50 bits per heavy atom. The van der Waals surface area contributed by atoms with Crippen LogP contribution in [0.2, 0.25) is 0 Å². The third kappa shape index (κ3) is 1.84. The van der Waals surface area contributed by atoms with Gasteiger partial charge in [0.05, 0.1) is 0 Å². The van der Waals surface area contributed by atoms with Crippen LogP contribution in [0.25, 0.3) is 0 Å². The van der Waals surface area contributed by atoms with Crippen LogP contribution in [-0.2, 0) is 11.3 Å². The van der Waals surface area contributed by atoms with Crippen molar-refractivity contribution in [1.29, 1.82) is 0 Å². The number of anilines is 1. The fraction of sp³-hybridized carbons (Fsp3) is 0.333. The molecule has 0 bridgehead atoms. The maximum absolute atomic E-state index is 11.6. The van der Waals surface area contributed by atoms with E-state index < -0.39 is 6.03 Å². The number of amides is 3. The average Bonchev–Trinajstić information content (AvgIpc) is 2.29. The molecule has 7 nitrogen and oxygen atoms in total. The molecule has 1 aliphatic rings. The molecule has 0 aliphatic carbocycles. The molecule has 0 aromatic carbocycles. The van der Waals surface area contributed by atoms with E-state index in [-0.39, 0.29) is 18.9 Å². The van der Waals surface area contributed by atoms with Gasteiger partial charge in [-0.3, -0.25) is 15.0 Å². The Bertz CT molecular complexity index is 434. The van der Waals surface area contributed by atoms with Crippen molar-refractivity contribution < 1.29 is 9.59 Å². The molecule has 0 radical (unpaired) electrons. The van der Waals surface area contributed by atoms with Crippen LogP contribution in [0.5, 0.6) is 0 Å². The number of carbonyl (C=O) groups is 2. The summed E-state index contributed by atoms with van der Waals surface area (Å²) in [7, 11) is 0. The van der Waals surface area contributed by atoms with Gasteiger partial charge in [-0.2, -0.15) is 0 Å². The van der Waals surface area contributed by atoms with Crippen LogP contribution in [0, 0.1) is 0 Å². The number of hydrogen-bond donors (Lipinski definition) is 2. The zero-order chi connectivity index (χ0) is 11.5. The number of urea groups is 1. The molecule has 84 valence electrons. The van der Waals surface area contributed by atoms with Crippen molar-refractivity contribution in [3.63, 3.8) is 0 Å². The Hall–Kier alpha value is -2.02. The summed E-state index contributed by atoms with van der Waals surface area (Å²) in [6.45, 7) is 0.558. The predicted molar refractivity (Wildman–Crippen MR) is 55.4 cm³/mol. The Morgan fingerprint density at radius 2 is 2.31 bits per heavy atom. The first kappa shape index (κ1) is 10.5. The molecule has 0 saturated carbocycles. The highest BCUT2D eigenvalue weighted by Gasteiger charge is 2.26. The van der Waals surface area contributed by atoms with Crippen LogP contribution in [0.3, 0.4) is 0 Å². The molecule has 1 aromatic heterocycles. The fourth-order valence-corrected chi connectivity index (χ4v) is 1.51. The first-order valence-corrected chi connectivity index (χ1v) is 4.82. The topological polar surface area (TPSA) is 101 Å². The third-order valence-corrected chi connectivity index (χ3v) is 2.29. The summed E-state index contributed by atoms with van der Waals surface area (Å²) in [4.78, 5) is 31.8. The van der Waals surface area contributed by atoms with Gasteiger partial charge in [0.15, 0.2) is 0 Å². The van der Waals surface area contributed by atoms with Crippen molar-refractivity contribution in [3.8, 4) is 0 Å². The van der Waals surface area contributed by atoms with Gasteiger partial charge in [0.2, 0.25) is 5.91 Å². The number of nitrogens with one attached hydrogen (secondary N) is 1. The van der Waals surface area contributed by atoms with E-state index in [2.05, 4.69) is 15.3 Å². The largest absolute Gasteiger partial charge is 0.329 e. The molecule has 1 aliphatic heterocycles. The van der Waals surface area contributed by atoms with Crippen molar-refractivity contribution in [2.75, 3.05) is 11.4 Å². The third-order valence-electron chi connectivity index (χ3n) is 2.29. The summed E-state index contributed by atoms with van der Waals surface area (Å²) in [6, 6.07) is -0.468. The van der Waals surface area contributed by atoms with Gasteiger partial charge in [-0.25, -0.2) is 14.8 Å². The highest BCUT2D eigenvalue weighted by molar-refractivity contribution is 6.05. The van der Waals surface area contributed by atoms with Gasteiger partial charge >= 0.3 is 6.03 Å². The zero-order valence-electron chi connectivity index (χ0n) is 8.51. The maximum atomic E-state index is 11.6. The number of nitrogens with two attached hydrogens (primary N) is 1. The van der Waals surface area contributed by atoms with E-state index in [1.165, 1.54) is 11.2 Å². The van der Waals surface area contributed by atoms with Gasteiger partial charge in [0.25, 0.3) is 0 Å². The monoisotopic (exact) mass is 221 g/mol. The van der Waals surface area contributed by atoms with Crippen molar-refractivity contribution in [3.05, 3.63) is 18.1 Å². The van der Waals surface area contributed by atoms with Gasteiger partial charge in [0.1, 0.15) is 12.1 Å². The van der Waals surface area contributed by atoms with Crippen molar-refractivity contribution in [2.45, 2.75) is 13.0 Å². The lowest BCUT2D eigenvalue weighted by atomic mass is 10.2. The summed E-state index contributed by atoms with van der Waals surface area (Å²) in [5, 5.41) is 2.23. The number of carbonyl (C=O) groups excluding carboxylic acids is 2. The van der Waals surface area contributed by atoms with Gasteiger partial charge in [-0.1, -0.05) is 0 Å². The lowest BCUT2D eigenvalue weighted by Gasteiger charge is -2.26. The van der Waals surface area contributed by atoms with Crippen LogP contribution in [-0.4, -0.2) is 28.5 Å². The SMILES string of the molecule is NCc1cncnc1N1CCC(=O)NC1=O. The van der Waals surface area contributed by atoms with E-state index in [1.807, 2.05) is 0 Å². The highest BCUT2D eigenvalue weighted by Crippen LogP contribution is 2.17. The smallest absolute Gasteiger partial charge is 0.326 e. The minimum atomic E-state index is -0.468. The van der Waals surface area contributed by atoms with Crippen LogP contribution >= 0.6 is 0 Å². The molecule has 7 heteroatoms. The van der Waals surface area contributed by atoms with Crippen LogP contribution in [0.1, 0.15) is 12.0 Å². The number of nitrogens with zero attached hydrogens (tertiary/aromatic N) is 3. The first-order valence-electron chi connectivity index (χ1n) is 4.82. The van der Waals surface area contributed by atoms with E-state index >= 15 is 0 Å². The number of hydrogen-bond acceptors (Lipinski definition) is 5. The number of aromatic nitrogens is 2. The van der Waals surface area contributed by atoms with Crippen LogP contribution in [0.15, 0.2) is 12.5 Å². The van der Waals surface area contributed by atoms with Crippen molar-refractivity contribution >= 4 is 17.8 Å². The molecule has 16 heavy (non-hydrogen) atoms. The van der Waals surface area contributed by atoms with E-state index in [1.54, 1.807) is 6.20 Å². The quantitative estimate of drug-likeness (QED) is 0.693. The van der Waals surface area contributed by atoms with E-state index in [9.17, 15) is 9.59 Å². The lowest BCUT2D eigenvalue weighted by Crippen LogP contribution is -2.50. The molecule has 3 amide bonds. The molecule has 1 fully saturated rings. The van der Waals surface area contributed by atoms with E-state index in [0.717, 1.165) is 0 Å². The Balaban J connectivity index is 2.30. The van der Waals surface area contributed by atoms with Gasteiger partial charge in [0, 0.05) is 31.3 Å². The predicted octanol–water partition coefficient (Wildman–Crippen LogP) is -0.618. The second-order valence-electron chi connectivity index (χ2n) is 3.33. The molecule has 0 unspecified atom stereocenters. The second-order valence-corrected chi connectivity index (χ2v) is 3.33. The standard InChI is InChI=1S/C9H11N5O2/c10-3-6-4-11-5-12-8(6)14-2-1-7(15)13-9(14)16/h4-5H,1-3,10H2,(H,13,15,16). The normalized spacial score (nSPS) is 16.2. The molecular weight excluding hydrogens is 210 g/mol. The Morgan fingerprint density at radius 3 is 3.00 bits per heavy atom. The number of imide groups is 1. The molecule has 0 atom stereocenters. The van der Waals surface area contributed by atoms with Crippen LogP contribution in [0.4, 0.5) is 10.6 Å². The molecule has 1 saturated heterocycles. The molecule has 2 rings (SSSR count). The summed E-state index contributed by atoms with van der Waals surface area (Å²) in [6.07, 6.45) is 3.17. The second kappa shape index (κ2) is 4.23. The Labute approximate surface area is 91.7 Å². The summed E-state index contributed by atoms with van der Waals surface area (Å²) in [5.74, 6) is 0.187. The van der Waals surface area contributed by atoms with Gasteiger partial charge in [-0.15, -0.1) is 0 Å². The summed E-state index contributed by atoms with van der Waals surface area (Å²) in [5.41, 5.74) is 6.20. The van der Waals surface area contributed by atoms with Crippen LogP contribution < -0.4 is 16.0 Å². The molecule has 0 spiro atoms.